The van der Waals surface area contributed by atoms with E-state index in [9.17, 15) is 14.4 Å². The van der Waals surface area contributed by atoms with Crippen LogP contribution in [0.5, 0.6) is 0 Å². The zero-order valence-corrected chi connectivity index (χ0v) is 16.8. The molecule has 2 heterocycles. The summed E-state index contributed by atoms with van der Waals surface area (Å²) < 4.78 is 10.2. The fourth-order valence-corrected chi connectivity index (χ4v) is 4.19. The number of alkyl carbamates (subject to hydrolysis) is 1. The molecule has 0 bridgehead atoms. The third-order valence-corrected chi connectivity index (χ3v) is 5.66. The zero-order chi connectivity index (χ0) is 21.1. The average Bonchev–Trinajstić information content (AvgIpc) is 2.92. The highest BCUT2D eigenvalue weighted by Gasteiger charge is 2.42. The van der Waals surface area contributed by atoms with Gasteiger partial charge in [-0.05, 0) is 42.4 Å². The summed E-state index contributed by atoms with van der Waals surface area (Å²) in [4.78, 5) is 39.7. The van der Waals surface area contributed by atoms with E-state index in [1.165, 1.54) is 12.0 Å². The van der Waals surface area contributed by atoms with Gasteiger partial charge in [0.1, 0.15) is 18.7 Å². The second-order valence-corrected chi connectivity index (χ2v) is 7.51. The largest absolute Gasteiger partial charge is 0.467 e. The quantitative estimate of drug-likeness (QED) is 0.787. The van der Waals surface area contributed by atoms with Gasteiger partial charge < -0.3 is 14.8 Å². The molecule has 7 heteroatoms. The van der Waals surface area contributed by atoms with Gasteiger partial charge in [-0.15, -0.1) is 0 Å². The van der Waals surface area contributed by atoms with Crippen molar-refractivity contribution < 1.29 is 23.9 Å². The third-order valence-electron chi connectivity index (χ3n) is 5.66. The lowest BCUT2D eigenvalue weighted by molar-refractivity contribution is -0.144. The number of para-hydroxylation sites is 1. The van der Waals surface area contributed by atoms with E-state index in [-0.39, 0.29) is 12.5 Å². The van der Waals surface area contributed by atoms with Crippen molar-refractivity contribution in [2.45, 2.75) is 44.4 Å². The molecule has 4 rings (SSSR count). The third kappa shape index (κ3) is 3.87. The molecule has 2 amide bonds. The Kier molecular flexibility index (Phi) is 5.70. The molecule has 0 aliphatic carbocycles. The van der Waals surface area contributed by atoms with Gasteiger partial charge in [0.2, 0.25) is 0 Å². The van der Waals surface area contributed by atoms with Crippen molar-refractivity contribution >= 4 is 23.7 Å². The summed E-state index contributed by atoms with van der Waals surface area (Å²) in [5.74, 6) is -0.760. The fourth-order valence-electron chi connectivity index (χ4n) is 4.19. The van der Waals surface area contributed by atoms with Crippen LogP contribution in [0.25, 0.3) is 0 Å². The van der Waals surface area contributed by atoms with Crippen molar-refractivity contribution in [3.63, 3.8) is 0 Å². The summed E-state index contributed by atoms with van der Waals surface area (Å²) in [6.07, 6.45) is 1.57. The molecule has 0 aromatic heterocycles. The summed E-state index contributed by atoms with van der Waals surface area (Å²) in [7, 11) is 1.32. The first kappa shape index (κ1) is 19.9. The number of hydrogen-bond donors (Lipinski definition) is 1. The van der Waals surface area contributed by atoms with Gasteiger partial charge in [-0.25, -0.2) is 9.59 Å². The lowest BCUT2D eigenvalue weighted by Gasteiger charge is -2.37. The Morgan fingerprint density at radius 3 is 2.43 bits per heavy atom. The molecule has 0 saturated heterocycles. The predicted octanol–water partition coefficient (Wildman–Crippen LogP) is 2.75. The van der Waals surface area contributed by atoms with Gasteiger partial charge in [-0.2, -0.15) is 0 Å². The van der Waals surface area contributed by atoms with E-state index in [0.717, 1.165) is 22.4 Å². The molecule has 2 unspecified atom stereocenters. The molecule has 1 N–H and O–H groups in total. The second kappa shape index (κ2) is 8.57. The minimum atomic E-state index is -0.779. The molecule has 2 aromatic rings. The summed E-state index contributed by atoms with van der Waals surface area (Å²) in [5.41, 5.74) is 3.68. The van der Waals surface area contributed by atoms with Crippen LogP contribution in [0.4, 0.5) is 10.5 Å². The number of hydrogen-bond acceptors (Lipinski definition) is 5. The van der Waals surface area contributed by atoms with Gasteiger partial charge >= 0.3 is 12.1 Å². The van der Waals surface area contributed by atoms with E-state index in [1.54, 1.807) is 0 Å². The van der Waals surface area contributed by atoms with Gasteiger partial charge in [0, 0.05) is 0 Å². The van der Waals surface area contributed by atoms with Crippen LogP contribution in [0.15, 0.2) is 48.5 Å². The minimum absolute atomic E-state index is 0.118. The number of methoxy groups -OCH3 is 1. The van der Waals surface area contributed by atoms with E-state index in [2.05, 4.69) is 5.32 Å². The molecule has 0 fully saturated rings. The lowest BCUT2D eigenvalue weighted by Crippen LogP contribution is -2.55. The Morgan fingerprint density at radius 1 is 1.03 bits per heavy atom. The molecule has 0 saturated carbocycles. The van der Waals surface area contributed by atoms with Gasteiger partial charge in [-0.3, -0.25) is 9.69 Å². The van der Waals surface area contributed by atoms with Crippen molar-refractivity contribution in [1.82, 2.24) is 5.32 Å². The van der Waals surface area contributed by atoms with Crippen LogP contribution in [0, 0.1) is 0 Å². The standard InChI is InChI=1S/C23H24N2O5/c1-29-22(27)19-13-11-17-9-5-8-16-10-12-18(21(26)25(19)20(16)17)24-23(28)30-14-15-6-3-2-4-7-15/h2-9,18-19H,10-14H2,1H3,(H,24,28). The van der Waals surface area contributed by atoms with Crippen LogP contribution in [-0.2, 0) is 38.5 Å². The minimum Gasteiger partial charge on any atom is -0.467 e. The number of carbonyl (C=O) groups excluding carboxylic acids is 3. The van der Waals surface area contributed by atoms with Gasteiger partial charge in [0.25, 0.3) is 5.91 Å². The van der Waals surface area contributed by atoms with Crippen LogP contribution in [0.2, 0.25) is 0 Å². The number of ether oxygens (including phenoxy) is 2. The Balaban J connectivity index is 1.54. The number of amides is 2. The van der Waals surface area contributed by atoms with Crippen LogP contribution in [0.3, 0.4) is 0 Å². The van der Waals surface area contributed by atoms with E-state index < -0.39 is 24.1 Å². The Bertz CT molecular complexity index is 959. The smallest absolute Gasteiger partial charge is 0.408 e. The molecule has 2 aliphatic rings. The number of aryl methyl sites for hydroxylation is 2. The molecular formula is C23H24N2O5. The second-order valence-electron chi connectivity index (χ2n) is 7.51. The van der Waals surface area contributed by atoms with Crippen molar-refractivity contribution in [1.29, 1.82) is 0 Å². The van der Waals surface area contributed by atoms with Crippen molar-refractivity contribution in [2.75, 3.05) is 12.0 Å². The first-order valence-electron chi connectivity index (χ1n) is 10.1. The summed E-state index contributed by atoms with van der Waals surface area (Å²) in [6.45, 7) is 0.118. The number of rotatable bonds is 4. The van der Waals surface area contributed by atoms with Crippen molar-refractivity contribution in [3.8, 4) is 0 Å². The van der Waals surface area contributed by atoms with E-state index in [0.29, 0.717) is 25.7 Å². The van der Waals surface area contributed by atoms with Crippen molar-refractivity contribution in [2.24, 2.45) is 0 Å². The Labute approximate surface area is 175 Å². The van der Waals surface area contributed by atoms with Crippen LogP contribution in [-0.4, -0.2) is 37.2 Å². The lowest BCUT2D eigenvalue weighted by atomic mass is 9.92. The number of nitrogens with one attached hydrogen (secondary N) is 1. The van der Waals surface area contributed by atoms with Gasteiger partial charge in [0.15, 0.2) is 0 Å². The molecular weight excluding hydrogens is 384 g/mol. The summed E-state index contributed by atoms with van der Waals surface area (Å²) in [5, 5.41) is 2.69. The molecule has 0 radical (unpaired) electrons. The van der Waals surface area contributed by atoms with E-state index in [1.807, 2.05) is 48.5 Å². The number of carbonyl (C=O) groups is 3. The highest BCUT2D eigenvalue weighted by atomic mass is 16.5. The van der Waals surface area contributed by atoms with Crippen molar-refractivity contribution in [3.05, 3.63) is 65.2 Å². The van der Waals surface area contributed by atoms with Crippen LogP contribution >= 0.6 is 0 Å². The monoisotopic (exact) mass is 408 g/mol. The number of nitrogens with zero attached hydrogens (tertiary/aromatic N) is 1. The molecule has 2 aromatic carbocycles. The zero-order valence-electron chi connectivity index (χ0n) is 16.8. The topological polar surface area (TPSA) is 84.9 Å². The Morgan fingerprint density at radius 2 is 1.73 bits per heavy atom. The predicted molar refractivity (Wildman–Crippen MR) is 110 cm³/mol. The summed E-state index contributed by atoms with van der Waals surface area (Å²) in [6, 6.07) is 13.8. The van der Waals surface area contributed by atoms with Gasteiger partial charge in [0.05, 0.1) is 12.8 Å². The average molecular weight is 408 g/mol. The molecule has 2 aliphatic heterocycles. The highest BCUT2D eigenvalue weighted by Crippen LogP contribution is 2.37. The first-order valence-corrected chi connectivity index (χ1v) is 10.1. The highest BCUT2D eigenvalue weighted by molar-refractivity contribution is 6.05. The normalized spacial score (nSPS) is 20.0. The van der Waals surface area contributed by atoms with E-state index in [4.69, 9.17) is 9.47 Å². The van der Waals surface area contributed by atoms with Crippen LogP contribution < -0.4 is 10.2 Å². The maximum Gasteiger partial charge on any atom is 0.408 e. The van der Waals surface area contributed by atoms with Gasteiger partial charge in [-0.1, -0.05) is 48.5 Å². The number of esters is 1. The molecule has 0 spiro atoms. The maximum absolute atomic E-state index is 13.4. The molecule has 30 heavy (non-hydrogen) atoms. The number of anilines is 1. The van der Waals surface area contributed by atoms with E-state index >= 15 is 0 Å². The first-order chi connectivity index (χ1) is 14.6. The molecule has 2 atom stereocenters. The summed E-state index contributed by atoms with van der Waals surface area (Å²) >= 11 is 0. The number of benzene rings is 2. The molecule has 7 nitrogen and oxygen atoms in total. The Hall–Kier alpha value is -3.35. The maximum atomic E-state index is 13.4. The fraction of sp³-hybridized carbons (Fsp3) is 0.348. The van der Waals surface area contributed by atoms with Crippen LogP contribution in [0.1, 0.15) is 29.5 Å². The SMILES string of the molecule is COC(=O)C1CCc2cccc3c2N1C(=O)C(NC(=O)OCc1ccccc1)CC3. The molecule has 156 valence electrons.